The highest BCUT2D eigenvalue weighted by Gasteiger charge is 2.27. The minimum atomic E-state index is -0.426. The van der Waals surface area contributed by atoms with Gasteiger partial charge in [0.05, 0.1) is 22.0 Å². The van der Waals surface area contributed by atoms with Crippen molar-refractivity contribution in [3.05, 3.63) is 45.4 Å². The number of carbonyl (C=O) groups excluding carboxylic acids is 1. The van der Waals surface area contributed by atoms with E-state index in [4.69, 9.17) is 5.73 Å². The third-order valence-electron chi connectivity index (χ3n) is 3.69. The highest BCUT2D eigenvalue weighted by atomic mass is 32.2. The van der Waals surface area contributed by atoms with Crippen LogP contribution in [0.25, 0.3) is 5.69 Å². The molecule has 2 heterocycles. The molecule has 126 valence electrons. The fraction of sp³-hybridized carbons (Fsp3) is 0.353. The first-order valence-corrected chi connectivity index (χ1v) is 9.54. The molecule has 1 aliphatic heterocycles. The first-order valence-electron chi connectivity index (χ1n) is 7.67. The van der Waals surface area contributed by atoms with Gasteiger partial charge >= 0.3 is 0 Å². The van der Waals surface area contributed by atoms with Crippen LogP contribution in [0.5, 0.6) is 0 Å². The summed E-state index contributed by atoms with van der Waals surface area (Å²) in [6.07, 6.45) is 0.771. The lowest BCUT2D eigenvalue weighted by Crippen LogP contribution is -2.25. The molecule has 1 unspecified atom stereocenters. The average molecular weight is 361 g/mol. The molecule has 0 saturated carbocycles. The van der Waals surface area contributed by atoms with Gasteiger partial charge in [0.2, 0.25) is 5.91 Å². The highest BCUT2D eigenvalue weighted by Crippen LogP contribution is 2.34. The SMILES string of the molecule is Cc1cc(C)cc(-n2c(SCC(N)=O)nc3c(c2=O)SC(C)C3)c1. The number of hydrogen-bond donors (Lipinski definition) is 1. The number of nitrogens with two attached hydrogens (primary N) is 1. The zero-order valence-electron chi connectivity index (χ0n) is 13.8. The lowest BCUT2D eigenvalue weighted by molar-refractivity contribution is -0.115. The second-order valence-corrected chi connectivity index (χ2v) is 8.44. The van der Waals surface area contributed by atoms with Gasteiger partial charge in [0.25, 0.3) is 5.56 Å². The summed E-state index contributed by atoms with van der Waals surface area (Å²) in [4.78, 5) is 29.6. The summed E-state index contributed by atoms with van der Waals surface area (Å²) in [5.41, 5.74) is 8.96. The van der Waals surface area contributed by atoms with E-state index in [-0.39, 0.29) is 11.3 Å². The lowest BCUT2D eigenvalue weighted by Gasteiger charge is -2.14. The maximum absolute atomic E-state index is 13.1. The normalized spacial score (nSPS) is 16.2. The Hall–Kier alpha value is -1.73. The summed E-state index contributed by atoms with van der Waals surface area (Å²) in [5, 5.41) is 0.863. The van der Waals surface area contributed by atoms with Gasteiger partial charge in [-0.25, -0.2) is 4.98 Å². The van der Waals surface area contributed by atoms with Crippen molar-refractivity contribution >= 4 is 29.4 Å². The van der Waals surface area contributed by atoms with E-state index in [0.29, 0.717) is 15.3 Å². The van der Waals surface area contributed by atoms with Crippen LogP contribution < -0.4 is 11.3 Å². The van der Waals surface area contributed by atoms with E-state index in [1.807, 2.05) is 26.0 Å². The smallest absolute Gasteiger partial charge is 0.272 e. The van der Waals surface area contributed by atoms with Crippen LogP contribution in [0.3, 0.4) is 0 Å². The van der Waals surface area contributed by atoms with Crippen molar-refractivity contribution in [2.24, 2.45) is 5.73 Å². The van der Waals surface area contributed by atoms with Crippen LogP contribution in [-0.4, -0.2) is 26.5 Å². The third kappa shape index (κ3) is 3.37. The van der Waals surface area contributed by atoms with Gasteiger partial charge in [-0.3, -0.25) is 14.2 Å². The number of benzene rings is 1. The van der Waals surface area contributed by atoms with Crippen molar-refractivity contribution in [2.75, 3.05) is 5.75 Å². The van der Waals surface area contributed by atoms with E-state index in [2.05, 4.69) is 18.0 Å². The number of thioether (sulfide) groups is 2. The van der Waals surface area contributed by atoms with E-state index >= 15 is 0 Å². The molecule has 1 aliphatic rings. The summed E-state index contributed by atoms with van der Waals surface area (Å²) < 4.78 is 1.61. The van der Waals surface area contributed by atoms with E-state index in [9.17, 15) is 9.59 Å². The summed E-state index contributed by atoms with van der Waals surface area (Å²) >= 11 is 2.78. The maximum Gasteiger partial charge on any atom is 0.272 e. The molecule has 0 bridgehead atoms. The van der Waals surface area contributed by atoms with E-state index < -0.39 is 5.91 Å². The molecular formula is C17H19N3O2S2. The van der Waals surface area contributed by atoms with Crippen LogP contribution in [0.4, 0.5) is 0 Å². The monoisotopic (exact) mass is 361 g/mol. The Morgan fingerprint density at radius 1 is 1.38 bits per heavy atom. The molecule has 7 heteroatoms. The van der Waals surface area contributed by atoms with Crippen LogP contribution in [-0.2, 0) is 11.2 Å². The number of fused-ring (bicyclic) bond motifs is 1. The summed E-state index contributed by atoms with van der Waals surface area (Å²) in [5.74, 6) is -0.330. The van der Waals surface area contributed by atoms with E-state index in [1.165, 1.54) is 11.8 Å². The zero-order chi connectivity index (χ0) is 17.4. The van der Waals surface area contributed by atoms with Gasteiger partial charge in [0.15, 0.2) is 5.16 Å². The molecule has 1 atom stereocenters. The standard InChI is InChI=1S/C17H19N3O2S2/c1-9-4-10(2)6-12(5-9)20-16(22)15-13(7-11(3)24-15)19-17(20)23-8-14(18)21/h4-6,11H,7-8H2,1-3H3,(H2,18,21). The summed E-state index contributed by atoms with van der Waals surface area (Å²) in [6, 6.07) is 5.97. The van der Waals surface area contributed by atoms with Gasteiger partial charge in [0, 0.05) is 11.7 Å². The van der Waals surface area contributed by atoms with Crippen LogP contribution >= 0.6 is 23.5 Å². The van der Waals surface area contributed by atoms with Crippen molar-refractivity contribution in [2.45, 2.75) is 42.5 Å². The van der Waals surface area contributed by atoms with Crippen LogP contribution in [0.15, 0.2) is 33.0 Å². The number of aromatic nitrogens is 2. The minimum Gasteiger partial charge on any atom is -0.369 e. The van der Waals surface area contributed by atoms with Crippen LogP contribution in [0, 0.1) is 13.8 Å². The summed E-state index contributed by atoms with van der Waals surface area (Å²) in [6.45, 7) is 6.08. The number of nitrogens with zero attached hydrogens (tertiary/aromatic N) is 2. The molecule has 0 aliphatic carbocycles. The van der Waals surface area contributed by atoms with Crippen molar-refractivity contribution in [3.63, 3.8) is 0 Å². The second-order valence-electron chi connectivity index (χ2n) is 6.04. The van der Waals surface area contributed by atoms with Gasteiger partial charge < -0.3 is 5.73 Å². The fourth-order valence-electron chi connectivity index (χ4n) is 2.84. The Morgan fingerprint density at radius 3 is 2.67 bits per heavy atom. The molecule has 0 saturated heterocycles. The predicted octanol–water partition coefficient (Wildman–Crippen LogP) is 2.46. The molecule has 1 aromatic heterocycles. The Morgan fingerprint density at radius 2 is 2.04 bits per heavy atom. The Labute approximate surface area is 149 Å². The van der Waals surface area contributed by atoms with Gasteiger partial charge in [-0.2, -0.15) is 0 Å². The second kappa shape index (κ2) is 6.64. The zero-order valence-corrected chi connectivity index (χ0v) is 15.5. The van der Waals surface area contributed by atoms with Gasteiger partial charge in [-0.1, -0.05) is 24.8 Å². The van der Waals surface area contributed by atoms with Gasteiger partial charge in [-0.05, 0) is 37.1 Å². The van der Waals surface area contributed by atoms with Gasteiger partial charge in [-0.15, -0.1) is 11.8 Å². The third-order valence-corrected chi connectivity index (χ3v) is 5.87. The number of amides is 1. The lowest BCUT2D eigenvalue weighted by atomic mass is 10.1. The molecule has 1 amide bonds. The molecule has 2 N–H and O–H groups in total. The fourth-order valence-corrected chi connectivity index (χ4v) is 4.70. The molecule has 0 radical (unpaired) electrons. The highest BCUT2D eigenvalue weighted by molar-refractivity contribution is 8.00. The van der Waals surface area contributed by atoms with Crippen molar-refractivity contribution < 1.29 is 4.79 Å². The Bertz CT molecular complexity index is 857. The number of hydrogen-bond acceptors (Lipinski definition) is 5. The first-order chi connectivity index (χ1) is 11.3. The van der Waals surface area contributed by atoms with Crippen LogP contribution in [0.2, 0.25) is 0 Å². The number of primary amides is 1. The van der Waals surface area contributed by atoms with Crippen LogP contribution in [0.1, 0.15) is 23.7 Å². The molecule has 0 fully saturated rings. The quantitative estimate of drug-likeness (QED) is 0.668. The predicted molar refractivity (Wildman–Crippen MR) is 98.2 cm³/mol. The average Bonchev–Trinajstić information content (AvgIpc) is 2.85. The van der Waals surface area contributed by atoms with E-state index in [0.717, 1.165) is 28.9 Å². The topological polar surface area (TPSA) is 78.0 Å². The minimum absolute atomic E-state index is 0.0636. The number of aryl methyl sites for hydroxylation is 2. The molecule has 2 aromatic rings. The number of carbonyl (C=O) groups is 1. The maximum atomic E-state index is 13.1. The molecule has 5 nitrogen and oxygen atoms in total. The molecule has 3 rings (SSSR count). The molecule has 1 aromatic carbocycles. The molecule has 24 heavy (non-hydrogen) atoms. The summed E-state index contributed by atoms with van der Waals surface area (Å²) in [7, 11) is 0. The number of rotatable bonds is 4. The van der Waals surface area contributed by atoms with Crippen molar-refractivity contribution in [3.8, 4) is 5.69 Å². The largest absolute Gasteiger partial charge is 0.369 e. The molecule has 0 spiro atoms. The van der Waals surface area contributed by atoms with E-state index in [1.54, 1.807) is 16.3 Å². The molecular weight excluding hydrogens is 342 g/mol. The van der Waals surface area contributed by atoms with Gasteiger partial charge in [0.1, 0.15) is 0 Å². The Kier molecular flexibility index (Phi) is 4.73. The van der Waals surface area contributed by atoms with Crippen molar-refractivity contribution in [1.82, 2.24) is 9.55 Å². The Balaban J connectivity index is 2.20. The first kappa shape index (κ1) is 17.1. The van der Waals surface area contributed by atoms with Crippen molar-refractivity contribution in [1.29, 1.82) is 0 Å².